The summed E-state index contributed by atoms with van der Waals surface area (Å²) in [5, 5.41) is 3.32. The fourth-order valence-corrected chi connectivity index (χ4v) is 4.98. The molecule has 0 bridgehead atoms. The Kier molecular flexibility index (Phi) is 4.92. The number of fused-ring (bicyclic) bond motifs is 1. The molecule has 2 heterocycles. The van der Waals surface area contributed by atoms with E-state index in [1.165, 1.54) is 18.2 Å². The zero-order valence-corrected chi connectivity index (χ0v) is 13.5. The molecule has 4 nitrogen and oxygen atoms in total. The van der Waals surface area contributed by atoms with Crippen LogP contribution in [0.15, 0.2) is 23.1 Å². The number of nitrogens with one attached hydrogen (secondary N) is 1. The predicted octanol–water partition coefficient (Wildman–Crippen LogP) is 1.79. The van der Waals surface area contributed by atoms with E-state index in [0.29, 0.717) is 30.5 Å². The summed E-state index contributed by atoms with van der Waals surface area (Å²) >= 11 is 0. The quantitative estimate of drug-likeness (QED) is 0.897. The van der Waals surface area contributed by atoms with Crippen LogP contribution in [0.2, 0.25) is 0 Å². The molecule has 1 aromatic rings. The number of sulfonamides is 1. The summed E-state index contributed by atoms with van der Waals surface area (Å²) in [7, 11) is -3.51. The number of benzene rings is 1. The van der Waals surface area contributed by atoms with Crippen LogP contribution in [0.3, 0.4) is 0 Å². The predicted molar refractivity (Wildman–Crippen MR) is 81.6 cm³/mol. The zero-order valence-electron chi connectivity index (χ0n) is 11.9. The highest BCUT2D eigenvalue weighted by Crippen LogP contribution is 2.30. The molecule has 2 unspecified atom stereocenters. The van der Waals surface area contributed by atoms with Crippen molar-refractivity contribution < 1.29 is 12.8 Å². The topological polar surface area (TPSA) is 49.4 Å². The molecule has 118 valence electrons. The minimum absolute atomic E-state index is 0. The van der Waals surface area contributed by atoms with E-state index >= 15 is 0 Å². The average Bonchev–Trinajstić information content (AvgIpc) is 2.85. The van der Waals surface area contributed by atoms with Gasteiger partial charge in [-0.3, -0.25) is 0 Å². The van der Waals surface area contributed by atoms with Gasteiger partial charge in [0.25, 0.3) is 0 Å². The van der Waals surface area contributed by atoms with Gasteiger partial charge >= 0.3 is 0 Å². The molecule has 0 aliphatic carbocycles. The first-order valence-corrected chi connectivity index (χ1v) is 8.39. The Labute approximate surface area is 131 Å². The van der Waals surface area contributed by atoms with Gasteiger partial charge in [0.05, 0.1) is 4.90 Å². The highest BCUT2D eigenvalue weighted by Gasteiger charge is 2.38. The molecular formula is C14H20ClFN2O2S. The largest absolute Gasteiger partial charge is 0.316 e. The Morgan fingerprint density at radius 1 is 1.29 bits per heavy atom. The van der Waals surface area contributed by atoms with Crippen LogP contribution in [0.1, 0.15) is 12.0 Å². The summed E-state index contributed by atoms with van der Waals surface area (Å²) in [5.74, 6) is 0.593. The lowest BCUT2D eigenvalue weighted by atomic mass is 9.90. The van der Waals surface area contributed by atoms with Crippen LogP contribution in [0.5, 0.6) is 0 Å². The molecule has 2 aliphatic heterocycles. The molecule has 7 heteroatoms. The third-order valence-electron chi connectivity index (χ3n) is 4.42. The Morgan fingerprint density at radius 3 is 2.71 bits per heavy atom. The van der Waals surface area contributed by atoms with Gasteiger partial charge in [-0.2, -0.15) is 4.31 Å². The van der Waals surface area contributed by atoms with Crippen LogP contribution in [0.25, 0.3) is 0 Å². The number of halogens is 2. The van der Waals surface area contributed by atoms with E-state index in [1.54, 1.807) is 11.2 Å². The maximum Gasteiger partial charge on any atom is 0.243 e. The second-order valence-corrected chi connectivity index (χ2v) is 7.65. The van der Waals surface area contributed by atoms with Gasteiger partial charge in [-0.05, 0) is 62.0 Å². The van der Waals surface area contributed by atoms with Gasteiger partial charge in [0.15, 0.2) is 0 Å². The van der Waals surface area contributed by atoms with Gasteiger partial charge in [-0.25, -0.2) is 12.8 Å². The van der Waals surface area contributed by atoms with Crippen LogP contribution in [-0.2, 0) is 10.0 Å². The Morgan fingerprint density at radius 2 is 2.00 bits per heavy atom. The molecule has 3 rings (SSSR count). The molecule has 2 atom stereocenters. The number of hydrogen-bond donors (Lipinski definition) is 1. The first-order valence-electron chi connectivity index (χ1n) is 6.95. The van der Waals surface area contributed by atoms with Crippen molar-refractivity contribution in [1.82, 2.24) is 9.62 Å². The lowest BCUT2D eigenvalue weighted by molar-refractivity contribution is 0.228. The number of hydrogen-bond acceptors (Lipinski definition) is 3. The molecule has 21 heavy (non-hydrogen) atoms. The van der Waals surface area contributed by atoms with Crippen LogP contribution < -0.4 is 5.32 Å². The molecular weight excluding hydrogens is 315 g/mol. The van der Waals surface area contributed by atoms with Crippen molar-refractivity contribution in [3.05, 3.63) is 29.6 Å². The van der Waals surface area contributed by atoms with Gasteiger partial charge in [-0.1, -0.05) is 0 Å². The lowest BCUT2D eigenvalue weighted by Crippen LogP contribution is -2.43. The molecule has 0 spiro atoms. The molecule has 1 aromatic carbocycles. The van der Waals surface area contributed by atoms with Crippen LogP contribution in [0, 0.1) is 24.6 Å². The SMILES string of the molecule is Cc1cc(F)ccc1S(=O)(=O)N1CCC2CNCC2C1.Cl. The summed E-state index contributed by atoms with van der Waals surface area (Å²) in [5.41, 5.74) is 0.469. The maximum absolute atomic E-state index is 13.1. The van der Waals surface area contributed by atoms with Crippen LogP contribution in [0.4, 0.5) is 4.39 Å². The zero-order chi connectivity index (χ0) is 14.3. The van der Waals surface area contributed by atoms with Gasteiger partial charge in [0.2, 0.25) is 10.0 Å². The lowest BCUT2D eigenvalue weighted by Gasteiger charge is -2.33. The van der Waals surface area contributed by atoms with Crippen molar-refractivity contribution in [2.24, 2.45) is 11.8 Å². The maximum atomic E-state index is 13.1. The third kappa shape index (κ3) is 3.08. The van der Waals surface area contributed by atoms with E-state index in [4.69, 9.17) is 0 Å². The van der Waals surface area contributed by atoms with Crippen molar-refractivity contribution in [3.8, 4) is 0 Å². The standard InChI is InChI=1S/C14H19FN2O2S.ClH/c1-10-6-13(15)2-3-14(10)20(18,19)17-5-4-11-7-16-8-12(11)9-17;/h2-3,6,11-12,16H,4-5,7-9H2,1H3;1H. The summed E-state index contributed by atoms with van der Waals surface area (Å²) in [6.07, 6.45) is 0.900. The summed E-state index contributed by atoms with van der Waals surface area (Å²) in [6, 6.07) is 3.86. The first-order chi connectivity index (χ1) is 9.48. The number of rotatable bonds is 2. The van der Waals surface area contributed by atoms with Gasteiger partial charge in [-0.15, -0.1) is 12.4 Å². The first kappa shape index (κ1) is 16.7. The fraction of sp³-hybridized carbons (Fsp3) is 0.571. The Balaban J connectivity index is 0.00000161. The van der Waals surface area contributed by atoms with Crippen molar-refractivity contribution in [2.45, 2.75) is 18.2 Å². The molecule has 2 fully saturated rings. The number of piperidine rings is 1. The highest BCUT2D eigenvalue weighted by molar-refractivity contribution is 7.89. The Hall–Kier alpha value is -0.690. The second kappa shape index (κ2) is 6.20. The molecule has 2 saturated heterocycles. The fourth-order valence-electron chi connectivity index (χ4n) is 3.26. The summed E-state index contributed by atoms with van der Waals surface area (Å²) in [4.78, 5) is 0.225. The summed E-state index contributed by atoms with van der Waals surface area (Å²) < 4.78 is 40.1. The van der Waals surface area contributed by atoms with E-state index < -0.39 is 15.8 Å². The molecule has 1 N–H and O–H groups in total. The molecule has 0 radical (unpaired) electrons. The smallest absolute Gasteiger partial charge is 0.243 e. The van der Waals surface area contributed by atoms with E-state index in [0.717, 1.165) is 19.5 Å². The normalized spacial score (nSPS) is 26.2. The number of nitrogens with zero attached hydrogens (tertiary/aromatic N) is 1. The minimum Gasteiger partial charge on any atom is -0.316 e. The van der Waals surface area contributed by atoms with Gasteiger partial charge in [0.1, 0.15) is 5.82 Å². The monoisotopic (exact) mass is 334 g/mol. The molecule has 0 aromatic heterocycles. The van der Waals surface area contributed by atoms with Gasteiger partial charge in [0, 0.05) is 13.1 Å². The molecule has 2 aliphatic rings. The molecule has 0 saturated carbocycles. The Bertz CT molecular complexity index is 623. The summed E-state index contributed by atoms with van der Waals surface area (Å²) in [6.45, 7) is 4.64. The highest BCUT2D eigenvalue weighted by atomic mass is 35.5. The van der Waals surface area contributed by atoms with Crippen LogP contribution >= 0.6 is 12.4 Å². The van der Waals surface area contributed by atoms with Crippen molar-refractivity contribution >= 4 is 22.4 Å². The van der Waals surface area contributed by atoms with E-state index in [2.05, 4.69) is 5.32 Å². The minimum atomic E-state index is -3.51. The van der Waals surface area contributed by atoms with Crippen molar-refractivity contribution in [3.63, 3.8) is 0 Å². The van der Waals surface area contributed by atoms with E-state index in [-0.39, 0.29) is 17.3 Å². The van der Waals surface area contributed by atoms with E-state index in [9.17, 15) is 12.8 Å². The van der Waals surface area contributed by atoms with Crippen molar-refractivity contribution in [1.29, 1.82) is 0 Å². The van der Waals surface area contributed by atoms with E-state index in [1.807, 2.05) is 0 Å². The van der Waals surface area contributed by atoms with Crippen molar-refractivity contribution in [2.75, 3.05) is 26.2 Å². The second-order valence-electron chi connectivity index (χ2n) is 5.74. The van der Waals surface area contributed by atoms with Crippen LogP contribution in [-0.4, -0.2) is 38.9 Å². The molecule has 0 amide bonds. The third-order valence-corrected chi connectivity index (χ3v) is 6.45. The van der Waals surface area contributed by atoms with Gasteiger partial charge < -0.3 is 5.32 Å². The number of aryl methyl sites for hydroxylation is 1. The average molecular weight is 335 g/mol.